The van der Waals surface area contributed by atoms with Crippen LogP contribution in [0, 0.1) is 5.82 Å². The number of halogens is 1. The van der Waals surface area contributed by atoms with E-state index in [1.165, 1.54) is 37.5 Å². The van der Waals surface area contributed by atoms with Crippen molar-refractivity contribution in [1.82, 2.24) is 0 Å². The number of methoxy groups -OCH3 is 1. The predicted octanol–water partition coefficient (Wildman–Crippen LogP) is 1.98. The van der Waals surface area contributed by atoms with E-state index in [0.717, 1.165) is 0 Å². The van der Waals surface area contributed by atoms with Crippen LogP contribution in [0.2, 0.25) is 0 Å². The first kappa shape index (κ1) is 11.2. The standard InChI is InChI=1S/C11H12FNO2/c1-15-11(14)4-2-3-8-7-9(13)5-6-10(8)12/h2-3,5-7H,4,13H2,1H3. The Morgan fingerprint density at radius 3 is 3.00 bits per heavy atom. The van der Waals surface area contributed by atoms with E-state index >= 15 is 0 Å². The van der Waals surface area contributed by atoms with Crippen LogP contribution in [0.4, 0.5) is 10.1 Å². The van der Waals surface area contributed by atoms with Crippen LogP contribution < -0.4 is 5.73 Å². The number of carbonyl (C=O) groups excluding carboxylic acids is 1. The van der Waals surface area contributed by atoms with Crippen LogP contribution in [0.15, 0.2) is 24.3 Å². The third-order valence-electron chi connectivity index (χ3n) is 1.83. The largest absolute Gasteiger partial charge is 0.469 e. The van der Waals surface area contributed by atoms with E-state index in [1.807, 2.05) is 0 Å². The first-order chi connectivity index (χ1) is 7.13. The highest BCUT2D eigenvalue weighted by Crippen LogP contribution is 2.13. The minimum Gasteiger partial charge on any atom is -0.469 e. The maximum atomic E-state index is 13.2. The van der Waals surface area contributed by atoms with Crippen LogP contribution in [0.3, 0.4) is 0 Å². The van der Waals surface area contributed by atoms with Crippen LogP contribution in [0.1, 0.15) is 12.0 Å². The lowest BCUT2D eigenvalue weighted by Crippen LogP contribution is -1.96. The lowest BCUT2D eigenvalue weighted by Gasteiger charge is -1.98. The normalized spacial score (nSPS) is 10.5. The highest BCUT2D eigenvalue weighted by atomic mass is 19.1. The van der Waals surface area contributed by atoms with Gasteiger partial charge < -0.3 is 10.5 Å². The monoisotopic (exact) mass is 209 g/mol. The molecule has 4 heteroatoms. The number of benzene rings is 1. The molecule has 80 valence electrons. The average Bonchev–Trinajstić information content (AvgIpc) is 2.23. The van der Waals surface area contributed by atoms with Gasteiger partial charge in [-0.25, -0.2) is 4.39 Å². The molecule has 1 aromatic rings. The molecule has 0 aliphatic rings. The van der Waals surface area contributed by atoms with E-state index in [4.69, 9.17) is 5.73 Å². The summed E-state index contributed by atoms with van der Waals surface area (Å²) in [6.45, 7) is 0. The third-order valence-corrected chi connectivity index (χ3v) is 1.83. The number of nitrogens with two attached hydrogens (primary N) is 1. The van der Waals surface area contributed by atoms with Gasteiger partial charge in [0.05, 0.1) is 13.5 Å². The van der Waals surface area contributed by atoms with Gasteiger partial charge in [-0.15, -0.1) is 0 Å². The third kappa shape index (κ3) is 3.42. The highest BCUT2D eigenvalue weighted by molar-refractivity contribution is 5.72. The Kier molecular flexibility index (Phi) is 3.85. The summed E-state index contributed by atoms with van der Waals surface area (Å²) in [7, 11) is 1.30. The van der Waals surface area contributed by atoms with Gasteiger partial charge in [-0.2, -0.15) is 0 Å². The zero-order chi connectivity index (χ0) is 11.3. The first-order valence-corrected chi connectivity index (χ1v) is 4.42. The van der Waals surface area contributed by atoms with Gasteiger partial charge in [0, 0.05) is 11.3 Å². The quantitative estimate of drug-likeness (QED) is 0.611. The zero-order valence-electron chi connectivity index (χ0n) is 8.37. The second-order valence-corrected chi connectivity index (χ2v) is 2.96. The molecule has 3 nitrogen and oxygen atoms in total. The molecule has 0 heterocycles. The van der Waals surface area contributed by atoms with Gasteiger partial charge in [0.1, 0.15) is 5.82 Å². The van der Waals surface area contributed by atoms with E-state index in [9.17, 15) is 9.18 Å². The van der Waals surface area contributed by atoms with E-state index in [-0.39, 0.29) is 18.2 Å². The van der Waals surface area contributed by atoms with Crippen LogP contribution in [0.5, 0.6) is 0 Å². The molecule has 0 saturated heterocycles. The maximum Gasteiger partial charge on any atom is 0.309 e. The molecular weight excluding hydrogens is 197 g/mol. The molecule has 15 heavy (non-hydrogen) atoms. The SMILES string of the molecule is COC(=O)CC=Cc1cc(N)ccc1F. The second kappa shape index (κ2) is 5.14. The second-order valence-electron chi connectivity index (χ2n) is 2.96. The zero-order valence-corrected chi connectivity index (χ0v) is 8.37. The Bertz CT molecular complexity index is 388. The van der Waals surface area contributed by atoms with Crippen molar-refractivity contribution in [3.8, 4) is 0 Å². The summed E-state index contributed by atoms with van der Waals surface area (Å²) in [5.74, 6) is -0.735. The molecule has 0 unspecified atom stereocenters. The van der Waals surface area contributed by atoms with Crippen LogP contribution in [-0.2, 0) is 9.53 Å². The Morgan fingerprint density at radius 1 is 1.60 bits per heavy atom. The number of carbonyl (C=O) groups is 1. The van der Waals surface area contributed by atoms with Crippen molar-refractivity contribution in [1.29, 1.82) is 0 Å². The van der Waals surface area contributed by atoms with Crippen molar-refractivity contribution in [2.75, 3.05) is 12.8 Å². The van der Waals surface area contributed by atoms with Crippen molar-refractivity contribution < 1.29 is 13.9 Å². The highest BCUT2D eigenvalue weighted by Gasteiger charge is 1.99. The molecule has 0 aliphatic carbocycles. The van der Waals surface area contributed by atoms with E-state index in [2.05, 4.69) is 4.74 Å². The number of rotatable bonds is 3. The summed E-state index contributed by atoms with van der Waals surface area (Å²) in [6.07, 6.45) is 3.15. The number of hydrogen-bond acceptors (Lipinski definition) is 3. The fourth-order valence-electron chi connectivity index (χ4n) is 1.06. The molecule has 0 saturated carbocycles. The Labute approximate surface area is 87.3 Å². The maximum absolute atomic E-state index is 13.2. The number of hydrogen-bond donors (Lipinski definition) is 1. The topological polar surface area (TPSA) is 52.3 Å². The van der Waals surface area contributed by atoms with Crippen molar-refractivity contribution >= 4 is 17.7 Å². The van der Waals surface area contributed by atoms with Gasteiger partial charge in [-0.3, -0.25) is 4.79 Å². The van der Waals surface area contributed by atoms with Crippen LogP contribution >= 0.6 is 0 Å². The lowest BCUT2D eigenvalue weighted by molar-refractivity contribution is -0.139. The van der Waals surface area contributed by atoms with E-state index < -0.39 is 0 Å². The molecule has 0 fully saturated rings. The fourth-order valence-corrected chi connectivity index (χ4v) is 1.06. The van der Waals surface area contributed by atoms with Crippen LogP contribution in [-0.4, -0.2) is 13.1 Å². The van der Waals surface area contributed by atoms with Gasteiger partial charge in [-0.05, 0) is 18.2 Å². The Hall–Kier alpha value is -1.84. The van der Waals surface area contributed by atoms with Crippen molar-refractivity contribution in [3.63, 3.8) is 0 Å². The summed E-state index contributed by atoms with van der Waals surface area (Å²) in [6, 6.07) is 4.27. The molecule has 0 aromatic heterocycles. The summed E-state index contributed by atoms with van der Waals surface area (Å²) in [5.41, 5.74) is 6.33. The Morgan fingerprint density at radius 2 is 2.33 bits per heavy atom. The van der Waals surface area contributed by atoms with E-state index in [1.54, 1.807) is 0 Å². The van der Waals surface area contributed by atoms with Crippen molar-refractivity contribution in [2.24, 2.45) is 0 Å². The summed E-state index contributed by atoms with van der Waals surface area (Å²) >= 11 is 0. The molecule has 0 aliphatic heterocycles. The minimum atomic E-state index is -0.370. The predicted molar refractivity (Wildman–Crippen MR) is 56.5 cm³/mol. The fraction of sp³-hybridized carbons (Fsp3) is 0.182. The smallest absolute Gasteiger partial charge is 0.309 e. The molecule has 2 N–H and O–H groups in total. The molecule has 0 atom stereocenters. The number of esters is 1. The molecule has 0 radical (unpaired) electrons. The molecule has 1 aromatic carbocycles. The Balaban J connectivity index is 2.71. The van der Waals surface area contributed by atoms with Crippen molar-refractivity contribution in [3.05, 3.63) is 35.7 Å². The summed E-state index contributed by atoms with van der Waals surface area (Å²) < 4.78 is 17.6. The molecule has 0 amide bonds. The van der Waals surface area contributed by atoms with Crippen molar-refractivity contribution in [2.45, 2.75) is 6.42 Å². The van der Waals surface area contributed by atoms with Gasteiger partial charge in [0.2, 0.25) is 0 Å². The summed E-state index contributed by atoms with van der Waals surface area (Å²) in [4.78, 5) is 10.8. The molecule has 1 rings (SSSR count). The summed E-state index contributed by atoms with van der Waals surface area (Å²) in [5, 5.41) is 0. The molecule has 0 bridgehead atoms. The van der Waals surface area contributed by atoms with Gasteiger partial charge in [-0.1, -0.05) is 12.2 Å². The van der Waals surface area contributed by atoms with E-state index in [0.29, 0.717) is 11.3 Å². The number of ether oxygens (including phenoxy) is 1. The van der Waals surface area contributed by atoms with Crippen LogP contribution in [0.25, 0.3) is 6.08 Å². The number of nitrogen functional groups attached to an aromatic ring is 1. The first-order valence-electron chi connectivity index (χ1n) is 4.42. The number of anilines is 1. The van der Waals surface area contributed by atoms with Gasteiger partial charge in [0.15, 0.2) is 0 Å². The van der Waals surface area contributed by atoms with Gasteiger partial charge in [0.25, 0.3) is 0 Å². The average molecular weight is 209 g/mol. The molecule has 0 spiro atoms. The lowest BCUT2D eigenvalue weighted by atomic mass is 10.1. The molecular formula is C11H12FNO2. The minimum absolute atomic E-state index is 0.116. The van der Waals surface area contributed by atoms with Gasteiger partial charge >= 0.3 is 5.97 Å².